The van der Waals surface area contributed by atoms with Gasteiger partial charge in [0.2, 0.25) is 0 Å². The summed E-state index contributed by atoms with van der Waals surface area (Å²) >= 11 is 0. The molecule has 1 aliphatic heterocycles. The molecule has 0 amide bonds. The first kappa shape index (κ1) is 19.4. The third-order valence-corrected chi connectivity index (χ3v) is 5.40. The summed E-state index contributed by atoms with van der Waals surface area (Å²) in [6, 6.07) is 17.3. The van der Waals surface area contributed by atoms with E-state index in [1.807, 2.05) is 0 Å². The Morgan fingerprint density at radius 3 is 1.93 bits per heavy atom. The second kappa shape index (κ2) is 6.97. The number of benzene rings is 2. The number of halogens is 3. The van der Waals surface area contributed by atoms with Crippen LogP contribution in [-0.4, -0.2) is 32.6 Å². The van der Waals surface area contributed by atoms with Gasteiger partial charge >= 0.3 is 21.6 Å². The Hall–Kier alpha value is -2.39. The van der Waals surface area contributed by atoms with Crippen LogP contribution < -0.4 is 0 Å². The number of cyclic esters (lactones) is 1. The molecular formula is C18H15F3O5S. The fourth-order valence-electron chi connectivity index (χ4n) is 3.13. The summed E-state index contributed by atoms with van der Waals surface area (Å²) in [5, 5.41) is 0. The van der Waals surface area contributed by atoms with Crippen molar-refractivity contribution in [1.82, 2.24) is 0 Å². The highest BCUT2D eigenvalue weighted by Crippen LogP contribution is 2.43. The number of alkyl halides is 3. The minimum Gasteiger partial charge on any atom is -0.459 e. The minimum absolute atomic E-state index is 0.0484. The maximum absolute atomic E-state index is 12.8. The van der Waals surface area contributed by atoms with Crippen LogP contribution in [0.1, 0.15) is 17.5 Å². The molecule has 0 saturated carbocycles. The average Bonchev–Trinajstić information content (AvgIpc) is 2.98. The molecule has 1 saturated heterocycles. The Kier molecular flexibility index (Phi) is 5.00. The van der Waals surface area contributed by atoms with Gasteiger partial charge in [0.05, 0.1) is 0 Å². The predicted octanol–water partition coefficient (Wildman–Crippen LogP) is 3.15. The number of hydrogen-bond acceptors (Lipinski definition) is 5. The quantitative estimate of drug-likeness (QED) is 0.438. The van der Waals surface area contributed by atoms with Crippen molar-refractivity contribution < 1.29 is 35.3 Å². The van der Waals surface area contributed by atoms with Gasteiger partial charge in [-0.25, -0.2) is 0 Å². The maximum atomic E-state index is 12.8. The first-order chi connectivity index (χ1) is 12.7. The standard InChI is InChI=1S/C18H15F3O5S/c19-18(20,21)27(23,24)25-12-15-11-17(16(22)26-15,13-7-3-1-4-8-13)14-9-5-2-6-10-14/h1-10,15H,11-12H2. The maximum Gasteiger partial charge on any atom is 0.523 e. The van der Waals surface area contributed by atoms with Gasteiger partial charge in [0.25, 0.3) is 0 Å². The van der Waals surface area contributed by atoms with Crippen molar-refractivity contribution in [2.24, 2.45) is 0 Å². The molecule has 1 aliphatic rings. The molecule has 0 radical (unpaired) electrons. The SMILES string of the molecule is O=C1OC(COS(=O)(=O)C(F)(F)F)CC1(c1ccccc1)c1ccccc1. The second-order valence-electron chi connectivity index (χ2n) is 6.05. The second-order valence-corrected chi connectivity index (χ2v) is 7.66. The zero-order chi connectivity index (χ0) is 19.7. The summed E-state index contributed by atoms with van der Waals surface area (Å²) in [6.45, 7) is -0.908. The fraction of sp³-hybridized carbons (Fsp3) is 0.278. The first-order valence-corrected chi connectivity index (χ1v) is 9.35. The van der Waals surface area contributed by atoms with E-state index in [4.69, 9.17) is 4.74 Å². The lowest BCUT2D eigenvalue weighted by molar-refractivity contribution is -0.145. The highest BCUT2D eigenvalue weighted by molar-refractivity contribution is 7.87. The van der Waals surface area contributed by atoms with Crippen LogP contribution in [0, 0.1) is 0 Å². The van der Waals surface area contributed by atoms with Crippen LogP contribution in [0.4, 0.5) is 13.2 Å². The predicted molar refractivity (Wildman–Crippen MR) is 89.1 cm³/mol. The lowest BCUT2D eigenvalue weighted by Gasteiger charge is -2.26. The van der Waals surface area contributed by atoms with Gasteiger partial charge in [-0.3, -0.25) is 8.98 Å². The van der Waals surface area contributed by atoms with Crippen molar-refractivity contribution in [2.75, 3.05) is 6.61 Å². The molecule has 9 heteroatoms. The first-order valence-electron chi connectivity index (χ1n) is 7.95. The Morgan fingerprint density at radius 2 is 1.48 bits per heavy atom. The summed E-state index contributed by atoms with van der Waals surface area (Å²) in [5.41, 5.74) is -5.59. The summed E-state index contributed by atoms with van der Waals surface area (Å²) in [6.07, 6.45) is -1.19. The van der Waals surface area contributed by atoms with Gasteiger partial charge in [0, 0.05) is 6.42 Å². The molecule has 2 aromatic rings. The molecule has 1 heterocycles. The minimum atomic E-state index is -5.76. The van der Waals surface area contributed by atoms with Crippen LogP contribution in [0.5, 0.6) is 0 Å². The van der Waals surface area contributed by atoms with Gasteiger partial charge in [0.15, 0.2) is 0 Å². The van der Waals surface area contributed by atoms with Gasteiger partial charge < -0.3 is 4.74 Å². The number of rotatable bonds is 5. The van der Waals surface area contributed by atoms with Crippen molar-refractivity contribution >= 4 is 16.1 Å². The molecule has 0 bridgehead atoms. The molecule has 2 aromatic carbocycles. The molecule has 27 heavy (non-hydrogen) atoms. The largest absolute Gasteiger partial charge is 0.523 e. The van der Waals surface area contributed by atoms with E-state index in [1.165, 1.54) is 0 Å². The molecule has 0 spiro atoms. The lowest BCUT2D eigenvalue weighted by Crippen LogP contribution is -2.33. The van der Waals surface area contributed by atoms with Gasteiger partial charge in [-0.05, 0) is 11.1 Å². The van der Waals surface area contributed by atoms with Crippen molar-refractivity contribution in [2.45, 2.75) is 23.4 Å². The van der Waals surface area contributed by atoms with E-state index in [0.717, 1.165) is 0 Å². The molecule has 0 aromatic heterocycles. The lowest BCUT2D eigenvalue weighted by atomic mass is 9.72. The van der Waals surface area contributed by atoms with Crippen molar-refractivity contribution in [1.29, 1.82) is 0 Å². The zero-order valence-corrected chi connectivity index (χ0v) is 14.7. The monoisotopic (exact) mass is 400 g/mol. The van der Waals surface area contributed by atoms with Gasteiger partial charge in [-0.2, -0.15) is 21.6 Å². The average molecular weight is 400 g/mol. The molecule has 1 atom stereocenters. The highest BCUT2D eigenvalue weighted by atomic mass is 32.2. The van der Waals surface area contributed by atoms with Crippen LogP contribution in [-0.2, 0) is 29.2 Å². The molecule has 0 N–H and O–H groups in total. The fourth-order valence-corrected chi connectivity index (χ4v) is 3.59. The number of carbonyl (C=O) groups is 1. The van der Waals surface area contributed by atoms with Crippen LogP contribution in [0.2, 0.25) is 0 Å². The van der Waals surface area contributed by atoms with Gasteiger partial charge in [-0.15, -0.1) is 0 Å². The Morgan fingerprint density at radius 1 is 1.00 bits per heavy atom. The van der Waals surface area contributed by atoms with Crippen molar-refractivity contribution in [3.8, 4) is 0 Å². The van der Waals surface area contributed by atoms with Crippen molar-refractivity contribution in [3.05, 3.63) is 71.8 Å². The van der Waals surface area contributed by atoms with Crippen LogP contribution in [0.25, 0.3) is 0 Å². The van der Waals surface area contributed by atoms with Crippen LogP contribution in [0.15, 0.2) is 60.7 Å². The summed E-state index contributed by atoms with van der Waals surface area (Å²) in [4.78, 5) is 12.8. The van der Waals surface area contributed by atoms with Gasteiger partial charge in [-0.1, -0.05) is 60.7 Å². The van der Waals surface area contributed by atoms with E-state index in [0.29, 0.717) is 11.1 Å². The van der Waals surface area contributed by atoms with E-state index >= 15 is 0 Å². The topological polar surface area (TPSA) is 69.7 Å². The smallest absolute Gasteiger partial charge is 0.459 e. The van der Waals surface area contributed by atoms with E-state index in [2.05, 4.69) is 4.18 Å². The van der Waals surface area contributed by atoms with E-state index in [9.17, 15) is 26.4 Å². The Bertz CT molecular complexity index is 872. The van der Waals surface area contributed by atoms with E-state index in [1.54, 1.807) is 60.7 Å². The third-order valence-electron chi connectivity index (χ3n) is 4.38. The molecular weight excluding hydrogens is 385 g/mol. The summed E-state index contributed by atoms with van der Waals surface area (Å²) in [5.74, 6) is -0.669. The number of esters is 1. The van der Waals surface area contributed by atoms with Crippen LogP contribution in [0.3, 0.4) is 0 Å². The molecule has 5 nitrogen and oxygen atoms in total. The Labute approximate surface area is 153 Å². The molecule has 1 fully saturated rings. The molecule has 0 aliphatic carbocycles. The number of carbonyl (C=O) groups excluding carboxylic acids is 1. The normalized spacial score (nSPS) is 19.7. The Balaban J connectivity index is 1.92. The van der Waals surface area contributed by atoms with Gasteiger partial charge in [0.1, 0.15) is 18.1 Å². The number of hydrogen-bond donors (Lipinski definition) is 0. The molecule has 3 rings (SSSR count). The zero-order valence-electron chi connectivity index (χ0n) is 13.8. The van der Waals surface area contributed by atoms with E-state index < -0.39 is 39.7 Å². The number of ether oxygens (including phenoxy) is 1. The van der Waals surface area contributed by atoms with Crippen molar-refractivity contribution in [3.63, 3.8) is 0 Å². The van der Waals surface area contributed by atoms with E-state index in [-0.39, 0.29) is 6.42 Å². The summed E-state index contributed by atoms with van der Waals surface area (Å²) < 4.78 is 68.8. The molecule has 144 valence electrons. The summed E-state index contributed by atoms with van der Waals surface area (Å²) in [7, 11) is -5.76. The highest BCUT2D eigenvalue weighted by Gasteiger charge is 2.53. The van der Waals surface area contributed by atoms with Crippen LogP contribution >= 0.6 is 0 Å². The third kappa shape index (κ3) is 3.57. The molecule has 1 unspecified atom stereocenters.